The maximum Gasteiger partial charge on any atom is 0.339 e. The summed E-state index contributed by atoms with van der Waals surface area (Å²) < 4.78 is 50.2. The van der Waals surface area contributed by atoms with E-state index in [0.717, 1.165) is 25.3 Å². The highest BCUT2D eigenvalue weighted by Crippen LogP contribution is 2.24. The molecule has 0 radical (unpaired) electrons. The van der Waals surface area contributed by atoms with Gasteiger partial charge in [0.2, 0.25) is 10.0 Å². The van der Waals surface area contributed by atoms with Crippen molar-refractivity contribution in [3.05, 3.63) is 29.6 Å². The van der Waals surface area contributed by atoms with Crippen molar-refractivity contribution in [1.29, 1.82) is 0 Å². The predicted octanol–water partition coefficient (Wildman–Crippen LogP) is 1.41. The Bertz CT molecular complexity index is 661. The van der Waals surface area contributed by atoms with Crippen LogP contribution in [-0.2, 0) is 19.5 Å². The summed E-state index contributed by atoms with van der Waals surface area (Å²) in [5.74, 6) is -1.55. The quantitative estimate of drug-likeness (QED) is 0.780. The molecule has 0 spiro atoms. The fourth-order valence-electron chi connectivity index (χ4n) is 2.28. The molecule has 1 aliphatic rings. The molecule has 1 heterocycles. The second-order valence-corrected chi connectivity index (χ2v) is 6.80. The van der Waals surface area contributed by atoms with Crippen LogP contribution >= 0.6 is 0 Å². The smallest absolute Gasteiger partial charge is 0.339 e. The summed E-state index contributed by atoms with van der Waals surface area (Å²) in [6.45, 7) is 2.50. The summed E-state index contributed by atoms with van der Waals surface area (Å²) in [5, 5.41) is 0. The monoisotopic (exact) mass is 331 g/mol. The van der Waals surface area contributed by atoms with Crippen LogP contribution in [0.2, 0.25) is 0 Å². The number of sulfonamides is 1. The number of methoxy groups -OCH3 is 1. The van der Waals surface area contributed by atoms with Crippen molar-refractivity contribution in [2.75, 3.05) is 26.8 Å². The zero-order valence-corrected chi connectivity index (χ0v) is 13.2. The van der Waals surface area contributed by atoms with Crippen LogP contribution < -0.4 is 0 Å². The molecule has 1 aromatic rings. The molecular formula is C14H18FNO5S. The molecule has 1 aromatic carbocycles. The third-order valence-electron chi connectivity index (χ3n) is 3.52. The van der Waals surface area contributed by atoms with E-state index in [4.69, 9.17) is 4.74 Å². The van der Waals surface area contributed by atoms with Crippen molar-refractivity contribution in [1.82, 2.24) is 4.31 Å². The maximum atomic E-state index is 13.5. The fourth-order valence-corrected chi connectivity index (χ4v) is 3.93. The molecule has 0 aliphatic carbocycles. The van der Waals surface area contributed by atoms with Gasteiger partial charge in [0.05, 0.1) is 30.3 Å². The second kappa shape index (κ2) is 6.72. The molecule has 122 valence electrons. The standard InChI is InChI=1S/C14H18FNO5S/c1-3-11-9-16(6-7-21-11)22(18,19)13-8-10(15)4-5-12(13)14(17)20-2/h4-5,8,11H,3,6-7,9H2,1-2H3. The number of hydrogen-bond donors (Lipinski definition) is 0. The average molecular weight is 331 g/mol. The first-order chi connectivity index (χ1) is 10.4. The van der Waals surface area contributed by atoms with Crippen molar-refractivity contribution < 1.29 is 27.1 Å². The average Bonchev–Trinajstić information content (AvgIpc) is 2.54. The molecular weight excluding hydrogens is 313 g/mol. The summed E-state index contributed by atoms with van der Waals surface area (Å²) >= 11 is 0. The Morgan fingerprint density at radius 2 is 2.23 bits per heavy atom. The highest BCUT2D eigenvalue weighted by atomic mass is 32.2. The largest absolute Gasteiger partial charge is 0.465 e. The SMILES string of the molecule is CCC1CN(S(=O)(=O)c2cc(F)ccc2C(=O)OC)CCO1. The van der Waals surface area contributed by atoms with Gasteiger partial charge in [0.15, 0.2) is 0 Å². The zero-order chi connectivity index (χ0) is 16.3. The van der Waals surface area contributed by atoms with Crippen LogP contribution in [0.15, 0.2) is 23.1 Å². The van der Waals surface area contributed by atoms with E-state index in [9.17, 15) is 17.6 Å². The number of carbonyl (C=O) groups is 1. The molecule has 0 bridgehead atoms. The van der Waals surface area contributed by atoms with E-state index in [-0.39, 0.29) is 36.3 Å². The Morgan fingerprint density at radius 3 is 2.86 bits per heavy atom. The molecule has 1 fully saturated rings. The third-order valence-corrected chi connectivity index (χ3v) is 5.43. The van der Waals surface area contributed by atoms with E-state index < -0.39 is 21.8 Å². The summed E-state index contributed by atoms with van der Waals surface area (Å²) in [5.41, 5.74) is -0.177. The van der Waals surface area contributed by atoms with Gasteiger partial charge in [0.25, 0.3) is 0 Å². The van der Waals surface area contributed by atoms with E-state index in [1.807, 2.05) is 6.92 Å². The lowest BCUT2D eigenvalue weighted by atomic mass is 10.2. The number of benzene rings is 1. The molecule has 0 saturated carbocycles. The van der Waals surface area contributed by atoms with Crippen molar-refractivity contribution in [2.24, 2.45) is 0 Å². The van der Waals surface area contributed by atoms with Crippen molar-refractivity contribution >= 4 is 16.0 Å². The van der Waals surface area contributed by atoms with Gasteiger partial charge < -0.3 is 9.47 Å². The van der Waals surface area contributed by atoms with Gasteiger partial charge in [-0.25, -0.2) is 17.6 Å². The van der Waals surface area contributed by atoms with Crippen LogP contribution in [0.1, 0.15) is 23.7 Å². The lowest BCUT2D eigenvalue weighted by molar-refractivity contribution is -0.00280. The minimum absolute atomic E-state index is 0.163. The van der Waals surface area contributed by atoms with Gasteiger partial charge in [0, 0.05) is 13.1 Å². The molecule has 1 unspecified atom stereocenters. The van der Waals surface area contributed by atoms with Crippen LogP contribution in [0.3, 0.4) is 0 Å². The minimum Gasteiger partial charge on any atom is -0.465 e. The summed E-state index contributed by atoms with van der Waals surface area (Å²) in [6, 6.07) is 2.99. The second-order valence-electron chi connectivity index (χ2n) is 4.90. The molecule has 0 aromatic heterocycles. The van der Waals surface area contributed by atoms with Crippen molar-refractivity contribution in [3.63, 3.8) is 0 Å². The molecule has 0 N–H and O–H groups in total. The van der Waals surface area contributed by atoms with Crippen molar-refractivity contribution in [2.45, 2.75) is 24.3 Å². The van der Waals surface area contributed by atoms with Crippen LogP contribution in [0.4, 0.5) is 4.39 Å². The van der Waals surface area contributed by atoms with Gasteiger partial charge in [-0.15, -0.1) is 0 Å². The highest BCUT2D eigenvalue weighted by Gasteiger charge is 2.33. The van der Waals surface area contributed by atoms with E-state index in [0.29, 0.717) is 6.42 Å². The molecule has 6 nitrogen and oxygen atoms in total. The third kappa shape index (κ3) is 3.29. The first-order valence-electron chi connectivity index (χ1n) is 6.89. The lowest BCUT2D eigenvalue weighted by Crippen LogP contribution is -2.45. The number of hydrogen-bond acceptors (Lipinski definition) is 5. The summed E-state index contributed by atoms with van der Waals surface area (Å²) in [7, 11) is -2.86. The van der Waals surface area contributed by atoms with Gasteiger partial charge >= 0.3 is 5.97 Å². The normalized spacial score (nSPS) is 19.9. The zero-order valence-electron chi connectivity index (χ0n) is 12.4. The first-order valence-corrected chi connectivity index (χ1v) is 8.33. The lowest BCUT2D eigenvalue weighted by Gasteiger charge is -2.32. The molecule has 2 rings (SSSR count). The predicted molar refractivity (Wildman–Crippen MR) is 76.5 cm³/mol. The molecule has 1 aliphatic heterocycles. The molecule has 1 saturated heterocycles. The highest BCUT2D eigenvalue weighted by molar-refractivity contribution is 7.89. The summed E-state index contributed by atoms with van der Waals surface area (Å²) in [6.07, 6.45) is 0.456. The molecule has 0 amide bonds. The topological polar surface area (TPSA) is 72.9 Å². The van der Waals surface area contributed by atoms with Gasteiger partial charge in [-0.05, 0) is 24.6 Å². The minimum atomic E-state index is -4.00. The number of ether oxygens (including phenoxy) is 2. The van der Waals surface area contributed by atoms with E-state index in [2.05, 4.69) is 4.74 Å². The Labute approximate surface area is 128 Å². The Kier molecular flexibility index (Phi) is 5.15. The van der Waals surface area contributed by atoms with Crippen LogP contribution in [0, 0.1) is 5.82 Å². The Morgan fingerprint density at radius 1 is 1.50 bits per heavy atom. The number of esters is 1. The van der Waals surface area contributed by atoms with Crippen molar-refractivity contribution in [3.8, 4) is 0 Å². The van der Waals surface area contributed by atoms with Crippen LogP contribution in [0.5, 0.6) is 0 Å². The maximum absolute atomic E-state index is 13.5. The van der Waals surface area contributed by atoms with E-state index >= 15 is 0 Å². The van der Waals surface area contributed by atoms with Gasteiger partial charge in [-0.1, -0.05) is 6.92 Å². The fraction of sp³-hybridized carbons (Fsp3) is 0.500. The molecule has 1 atom stereocenters. The van der Waals surface area contributed by atoms with E-state index in [1.165, 1.54) is 4.31 Å². The molecule has 8 heteroatoms. The Hall–Kier alpha value is -1.51. The number of carbonyl (C=O) groups excluding carboxylic acids is 1. The molecule has 22 heavy (non-hydrogen) atoms. The number of rotatable bonds is 4. The van der Waals surface area contributed by atoms with Gasteiger partial charge in [-0.2, -0.15) is 4.31 Å². The first kappa shape index (κ1) is 16.9. The van der Waals surface area contributed by atoms with E-state index in [1.54, 1.807) is 0 Å². The Balaban J connectivity index is 2.44. The van der Waals surface area contributed by atoms with Gasteiger partial charge in [-0.3, -0.25) is 0 Å². The van der Waals surface area contributed by atoms with Gasteiger partial charge in [0.1, 0.15) is 5.82 Å². The number of morpholine rings is 1. The number of nitrogens with zero attached hydrogens (tertiary/aromatic N) is 1. The van der Waals surface area contributed by atoms with Crippen LogP contribution in [-0.4, -0.2) is 51.6 Å². The van der Waals surface area contributed by atoms with Crippen LogP contribution in [0.25, 0.3) is 0 Å². The summed E-state index contributed by atoms with van der Waals surface area (Å²) in [4.78, 5) is 11.4. The number of halogens is 1.